The fourth-order valence-corrected chi connectivity index (χ4v) is 0.485. The molecule has 5 nitrogen and oxygen atoms in total. The van der Waals surface area contributed by atoms with Crippen LogP contribution in [-0.4, -0.2) is 21.7 Å². The van der Waals surface area contributed by atoms with Crippen LogP contribution >= 0.6 is 12.6 Å². The lowest BCUT2D eigenvalue weighted by molar-refractivity contribution is -0.478. The number of carbonyl (C=O) groups excluding carboxylic acids is 1. The Morgan fingerprint density at radius 1 is 1.73 bits per heavy atom. The van der Waals surface area contributed by atoms with E-state index in [-0.39, 0.29) is 13.0 Å². The Hall–Kier alpha value is -1.04. The molecule has 0 aromatic heterocycles. The molecule has 0 aliphatic rings. The maximum absolute atomic E-state index is 10.2. The summed E-state index contributed by atoms with van der Waals surface area (Å²) in [7, 11) is 0. The second-order valence-electron chi connectivity index (χ2n) is 1.74. The van der Waals surface area contributed by atoms with Gasteiger partial charge in [0, 0.05) is 11.3 Å². The molecule has 0 fully saturated rings. The highest BCUT2D eigenvalue weighted by atomic mass is 32.1. The summed E-state index contributed by atoms with van der Waals surface area (Å²) < 4.78 is 0. The zero-order valence-electron chi connectivity index (χ0n) is 5.56. The van der Waals surface area contributed by atoms with Crippen molar-refractivity contribution >= 4 is 17.7 Å². The molecule has 0 atom stereocenters. The zero-order valence-corrected chi connectivity index (χ0v) is 6.45. The van der Waals surface area contributed by atoms with Gasteiger partial charge < -0.3 is 5.11 Å². The summed E-state index contributed by atoms with van der Waals surface area (Å²) in [6, 6.07) is 0. The van der Waals surface area contributed by atoms with Crippen molar-refractivity contribution in [1.82, 2.24) is 0 Å². The minimum absolute atomic E-state index is 0.0329. The molecule has 0 unspecified atom stereocenters. The molecular weight excluding hydrogens is 170 g/mol. The van der Waals surface area contributed by atoms with Gasteiger partial charge in [-0.25, -0.2) is 0 Å². The smallest absolute Gasteiger partial charge is 0.250 e. The Morgan fingerprint density at radius 2 is 2.27 bits per heavy atom. The van der Waals surface area contributed by atoms with Crippen LogP contribution in [0.4, 0.5) is 0 Å². The molecule has 0 heterocycles. The van der Waals surface area contributed by atoms with E-state index in [0.717, 1.165) is 6.08 Å². The van der Waals surface area contributed by atoms with Crippen molar-refractivity contribution in [2.24, 2.45) is 0 Å². The van der Waals surface area contributed by atoms with E-state index >= 15 is 0 Å². The quantitative estimate of drug-likeness (QED) is 0.216. The fourth-order valence-electron chi connectivity index (χ4n) is 0.394. The summed E-state index contributed by atoms with van der Waals surface area (Å²) >= 11 is 3.29. The number of hydrogen-bond acceptors (Lipinski definition) is 4. The third-order valence-electron chi connectivity index (χ3n) is 0.868. The number of carbonyl (C=O) groups is 1. The Labute approximate surface area is 68.3 Å². The number of aliphatic hydroxyl groups excluding tert-OH is 1. The number of nitrogens with zero attached hydrogens (tertiary/aromatic N) is 1. The van der Waals surface area contributed by atoms with E-state index in [9.17, 15) is 14.9 Å². The van der Waals surface area contributed by atoms with E-state index in [2.05, 4.69) is 12.6 Å². The number of thiol groups is 1. The summed E-state index contributed by atoms with van der Waals surface area (Å²) in [6.07, 6.45) is 1.10. The highest BCUT2D eigenvalue weighted by Crippen LogP contribution is 1.96. The topological polar surface area (TPSA) is 80.4 Å². The molecule has 0 saturated heterocycles. The average molecular weight is 177 g/mol. The predicted molar refractivity (Wildman–Crippen MR) is 41.2 cm³/mol. The van der Waals surface area contributed by atoms with Gasteiger partial charge in [-0.2, -0.15) is 0 Å². The lowest BCUT2D eigenvalue weighted by atomic mass is 10.3. The van der Waals surface area contributed by atoms with Crippen molar-refractivity contribution in [3.05, 3.63) is 21.9 Å². The molecule has 62 valence electrons. The minimum Gasteiger partial charge on any atom is -0.504 e. The number of nitro groups is 1. The largest absolute Gasteiger partial charge is 0.504 e. The summed E-state index contributed by atoms with van der Waals surface area (Å²) in [5, 5.41) is 17.6. The van der Waals surface area contributed by atoms with Gasteiger partial charge in [-0.15, -0.1) is 0 Å². The van der Waals surface area contributed by atoms with E-state index in [0.29, 0.717) is 0 Å². The van der Waals surface area contributed by atoms with Crippen LogP contribution in [0.15, 0.2) is 11.8 Å². The second-order valence-corrected chi connectivity index (χ2v) is 2.15. The van der Waals surface area contributed by atoms with Gasteiger partial charge in [-0.05, 0) is 6.08 Å². The Balaban J connectivity index is 3.74. The predicted octanol–water partition coefficient (Wildman–Crippen LogP) is 0.551. The second kappa shape index (κ2) is 4.73. The zero-order chi connectivity index (χ0) is 8.85. The van der Waals surface area contributed by atoms with Crippen LogP contribution < -0.4 is 0 Å². The standard InChI is InChI=1S/C5H7NO4S/c7-4(5(8)11)2-1-3-6(9)10/h2,7H,1,3H2,(H,8,11). The molecule has 0 spiro atoms. The van der Waals surface area contributed by atoms with Gasteiger partial charge in [-0.1, -0.05) is 12.6 Å². The first-order valence-electron chi connectivity index (χ1n) is 2.78. The molecule has 0 aliphatic carbocycles. The number of rotatable bonds is 4. The highest BCUT2D eigenvalue weighted by molar-refractivity contribution is 7.97. The summed E-state index contributed by atoms with van der Waals surface area (Å²) in [5.41, 5.74) is 0. The lowest BCUT2D eigenvalue weighted by Gasteiger charge is -1.90. The normalized spacial score (nSPS) is 11.2. The summed E-state index contributed by atoms with van der Waals surface area (Å²) in [6.45, 7) is -0.300. The third-order valence-corrected chi connectivity index (χ3v) is 1.10. The Morgan fingerprint density at radius 3 is 2.64 bits per heavy atom. The Kier molecular flexibility index (Phi) is 4.28. The van der Waals surface area contributed by atoms with E-state index in [4.69, 9.17) is 5.11 Å². The van der Waals surface area contributed by atoms with Crippen molar-refractivity contribution in [2.75, 3.05) is 6.54 Å². The van der Waals surface area contributed by atoms with Crippen molar-refractivity contribution in [3.63, 3.8) is 0 Å². The first kappa shape index (κ1) is 9.96. The molecule has 0 aromatic rings. The summed E-state index contributed by atoms with van der Waals surface area (Å²) in [5.74, 6) is -0.546. The molecule has 0 rings (SSSR count). The van der Waals surface area contributed by atoms with Gasteiger partial charge in [0.2, 0.25) is 11.7 Å². The van der Waals surface area contributed by atoms with Gasteiger partial charge in [0.1, 0.15) is 0 Å². The SMILES string of the molecule is O=C(S)C(O)=CCC[N+](=O)[O-]. The van der Waals surface area contributed by atoms with Crippen LogP contribution in [0.5, 0.6) is 0 Å². The number of aliphatic hydroxyl groups is 1. The summed E-state index contributed by atoms with van der Waals surface area (Å²) in [4.78, 5) is 19.4. The van der Waals surface area contributed by atoms with Crippen LogP contribution in [0.25, 0.3) is 0 Å². The molecule has 0 bridgehead atoms. The maximum Gasteiger partial charge on any atom is 0.250 e. The van der Waals surface area contributed by atoms with Gasteiger partial charge in [0.25, 0.3) is 0 Å². The van der Waals surface area contributed by atoms with Crippen LogP contribution in [0, 0.1) is 10.1 Å². The molecule has 0 saturated carbocycles. The maximum atomic E-state index is 10.2. The van der Waals surface area contributed by atoms with E-state index in [1.165, 1.54) is 0 Å². The molecule has 6 heteroatoms. The van der Waals surface area contributed by atoms with E-state index in [1.807, 2.05) is 0 Å². The van der Waals surface area contributed by atoms with Gasteiger partial charge in [0.15, 0.2) is 5.76 Å². The van der Waals surface area contributed by atoms with Crippen LogP contribution in [-0.2, 0) is 4.79 Å². The van der Waals surface area contributed by atoms with Crippen molar-refractivity contribution < 1.29 is 14.8 Å². The third kappa shape index (κ3) is 5.41. The molecule has 0 radical (unpaired) electrons. The average Bonchev–Trinajstić information content (AvgIpc) is 1.86. The van der Waals surface area contributed by atoms with E-state index < -0.39 is 15.8 Å². The Bertz CT molecular complexity index is 201. The molecular formula is C5H7NO4S. The molecule has 0 aliphatic heterocycles. The van der Waals surface area contributed by atoms with Crippen molar-refractivity contribution in [2.45, 2.75) is 6.42 Å². The minimum atomic E-state index is -0.784. The van der Waals surface area contributed by atoms with Crippen molar-refractivity contribution in [1.29, 1.82) is 0 Å². The lowest BCUT2D eigenvalue weighted by Crippen LogP contribution is -2.00. The molecule has 0 amide bonds. The molecule has 1 N–H and O–H groups in total. The van der Waals surface area contributed by atoms with E-state index in [1.54, 1.807) is 0 Å². The highest BCUT2D eigenvalue weighted by Gasteiger charge is 2.01. The fraction of sp³-hybridized carbons (Fsp3) is 0.400. The van der Waals surface area contributed by atoms with Crippen LogP contribution in [0.1, 0.15) is 6.42 Å². The molecule has 0 aromatic carbocycles. The van der Waals surface area contributed by atoms with Gasteiger partial charge >= 0.3 is 0 Å². The first-order valence-corrected chi connectivity index (χ1v) is 3.23. The van der Waals surface area contributed by atoms with Gasteiger partial charge in [0.05, 0.1) is 0 Å². The van der Waals surface area contributed by atoms with Gasteiger partial charge in [-0.3, -0.25) is 14.9 Å². The van der Waals surface area contributed by atoms with Crippen molar-refractivity contribution in [3.8, 4) is 0 Å². The van der Waals surface area contributed by atoms with Crippen LogP contribution in [0.2, 0.25) is 0 Å². The van der Waals surface area contributed by atoms with Crippen LogP contribution in [0.3, 0.4) is 0 Å². The monoisotopic (exact) mass is 177 g/mol. The first-order chi connectivity index (χ1) is 5.04. The number of hydrogen-bond donors (Lipinski definition) is 2. The molecule has 11 heavy (non-hydrogen) atoms.